The minimum atomic E-state index is -0.265. The molecule has 1 saturated carbocycles. The first-order valence-corrected chi connectivity index (χ1v) is 13.6. The fourth-order valence-corrected chi connectivity index (χ4v) is 5.46. The molecule has 2 fully saturated rings. The molecule has 1 aromatic heterocycles. The number of piperidine rings is 1. The van der Waals surface area contributed by atoms with E-state index in [1.165, 1.54) is 0 Å². The van der Waals surface area contributed by atoms with Crippen LogP contribution in [0.25, 0.3) is 11.3 Å². The Morgan fingerprint density at radius 3 is 2.60 bits per heavy atom. The molecule has 0 radical (unpaired) electrons. The van der Waals surface area contributed by atoms with Crippen LogP contribution in [0.3, 0.4) is 0 Å². The third-order valence-corrected chi connectivity index (χ3v) is 8.17. The number of hydrogen-bond donors (Lipinski definition) is 1. The molecule has 1 aliphatic heterocycles. The fourth-order valence-electron chi connectivity index (χ4n) is 5.34. The number of nitrogens with zero attached hydrogens (tertiary/aromatic N) is 2. The van der Waals surface area contributed by atoms with Crippen molar-refractivity contribution < 1.29 is 14.0 Å². The second-order valence-electron chi connectivity index (χ2n) is 10.2. The van der Waals surface area contributed by atoms with E-state index in [9.17, 15) is 9.59 Å². The summed E-state index contributed by atoms with van der Waals surface area (Å²) in [5.41, 5.74) is 1.09. The topological polar surface area (TPSA) is 75.4 Å². The van der Waals surface area contributed by atoms with Gasteiger partial charge < -0.3 is 14.6 Å². The maximum Gasteiger partial charge on any atom is 0.224 e. The minimum absolute atomic E-state index is 0.0943. The lowest BCUT2D eigenvalue weighted by Crippen LogP contribution is -2.37. The number of carbonyl (C=O) groups excluding carboxylic acids is 2. The quantitative estimate of drug-likeness (QED) is 0.351. The lowest BCUT2D eigenvalue weighted by atomic mass is 9.90. The van der Waals surface area contributed by atoms with Gasteiger partial charge in [0.05, 0.1) is 6.20 Å². The summed E-state index contributed by atoms with van der Waals surface area (Å²) in [5.74, 6) is 1.75. The van der Waals surface area contributed by atoms with E-state index in [1.54, 1.807) is 6.20 Å². The zero-order valence-electron chi connectivity index (χ0n) is 21.0. The van der Waals surface area contributed by atoms with Gasteiger partial charge in [-0.1, -0.05) is 38.3 Å². The number of nitrogens with one attached hydrogen (secondary N) is 1. The Morgan fingerprint density at radius 1 is 1.17 bits per heavy atom. The van der Waals surface area contributed by atoms with E-state index in [4.69, 9.17) is 16.0 Å². The van der Waals surface area contributed by atoms with Gasteiger partial charge in [-0.3, -0.25) is 9.59 Å². The molecule has 2 heterocycles. The monoisotopic (exact) mass is 499 g/mol. The molecule has 2 aromatic rings. The maximum absolute atomic E-state index is 13.3. The van der Waals surface area contributed by atoms with Crippen molar-refractivity contribution in [3.63, 3.8) is 0 Å². The van der Waals surface area contributed by atoms with E-state index in [1.807, 2.05) is 31.2 Å². The summed E-state index contributed by atoms with van der Waals surface area (Å²) in [5, 5.41) is 3.95. The third-order valence-electron chi connectivity index (χ3n) is 7.91. The molecule has 35 heavy (non-hydrogen) atoms. The van der Waals surface area contributed by atoms with Crippen LogP contribution in [-0.2, 0) is 9.59 Å². The number of likely N-dealkylation sites (tertiary alicyclic amines) is 1. The van der Waals surface area contributed by atoms with Gasteiger partial charge in [-0.15, -0.1) is 0 Å². The fraction of sp³-hybridized carbons (Fsp3) is 0.607. The van der Waals surface area contributed by atoms with Crippen LogP contribution in [0, 0.1) is 11.3 Å². The summed E-state index contributed by atoms with van der Waals surface area (Å²) >= 11 is 6.02. The highest BCUT2D eigenvalue weighted by atomic mass is 35.5. The van der Waals surface area contributed by atoms with Crippen molar-refractivity contribution in [3.8, 4) is 11.3 Å². The Balaban J connectivity index is 1.39. The number of rotatable bonds is 12. The van der Waals surface area contributed by atoms with E-state index < -0.39 is 0 Å². The first kappa shape index (κ1) is 25.9. The Morgan fingerprint density at radius 2 is 1.91 bits per heavy atom. The van der Waals surface area contributed by atoms with E-state index in [2.05, 4.69) is 22.1 Å². The zero-order valence-corrected chi connectivity index (χ0v) is 21.8. The Kier molecular flexibility index (Phi) is 8.66. The van der Waals surface area contributed by atoms with Crippen LogP contribution >= 0.6 is 11.6 Å². The second-order valence-corrected chi connectivity index (χ2v) is 10.6. The van der Waals surface area contributed by atoms with Crippen LogP contribution in [0.4, 0.5) is 0 Å². The molecule has 1 spiro atoms. The molecule has 2 atom stereocenters. The standard InChI is InChI=1S/C28H38ClN3O3/c1-3-22(33)8-6-5-7-9-24(27-30-19-25(35-27)20-10-12-21(29)13-11-20)31-26(34)23-18-28(23)14-16-32(4-2)17-15-28/h10-13,19,23-24H,3-9,14-18H2,1-2H3,(H,31,34)/t23?,24-/m0/s1. The van der Waals surface area contributed by atoms with Gasteiger partial charge in [0, 0.05) is 29.3 Å². The van der Waals surface area contributed by atoms with Gasteiger partial charge in [0.1, 0.15) is 11.8 Å². The lowest BCUT2D eigenvalue weighted by molar-refractivity contribution is -0.124. The summed E-state index contributed by atoms with van der Waals surface area (Å²) in [7, 11) is 0. The number of amides is 1. The van der Waals surface area contributed by atoms with Gasteiger partial charge in [-0.25, -0.2) is 4.98 Å². The first-order chi connectivity index (χ1) is 16.9. The highest BCUT2D eigenvalue weighted by Gasteiger charge is 2.58. The van der Waals surface area contributed by atoms with E-state index in [0.717, 1.165) is 70.1 Å². The largest absolute Gasteiger partial charge is 0.438 e. The summed E-state index contributed by atoms with van der Waals surface area (Å²) in [6, 6.07) is 7.20. The minimum Gasteiger partial charge on any atom is -0.438 e. The summed E-state index contributed by atoms with van der Waals surface area (Å²) in [6.07, 6.45) is 9.63. The van der Waals surface area contributed by atoms with Crippen LogP contribution in [0.5, 0.6) is 0 Å². The van der Waals surface area contributed by atoms with E-state index >= 15 is 0 Å². The molecule has 6 nitrogen and oxygen atoms in total. The molecule has 0 bridgehead atoms. The number of carbonyl (C=O) groups is 2. The second kappa shape index (κ2) is 11.7. The molecule has 1 aromatic carbocycles. The first-order valence-electron chi connectivity index (χ1n) is 13.2. The molecule has 1 unspecified atom stereocenters. The van der Waals surface area contributed by atoms with Gasteiger partial charge in [0.15, 0.2) is 5.76 Å². The van der Waals surface area contributed by atoms with Crippen LogP contribution in [0.15, 0.2) is 34.9 Å². The molecule has 7 heteroatoms. The number of oxazole rings is 1. The number of halogens is 1. The molecule has 1 N–H and O–H groups in total. The molecular weight excluding hydrogens is 462 g/mol. The van der Waals surface area contributed by atoms with Crippen molar-refractivity contribution in [1.29, 1.82) is 0 Å². The summed E-state index contributed by atoms with van der Waals surface area (Å²) < 4.78 is 6.12. The van der Waals surface area contributed by atoms with Crippen LogP contribution in [0.1, 0.15) is 83.6 Å². The van der Waals surface area contributed by atoms with Crippen molar-refractivity contribution in [2.24, 2.45) is 11.3 Å². The van der Waals surface area contributed by atoms with Gasteiger partial charge in [0.25, 0.3) is 0 Å². The predicted molar refractivity (Wildman–Crippen MR) is 138 cm³/mol. The number of ketones is 1. The highest BCUT2D eigenvalue weighted by Crippen LogP contribution is 2.59. The van der Waals surface area contributed by atoms with Gasteiger partial charge in [-0.05, 0) is 81.4 Å². The molecule has 1 aliphatic carbocycles. The van der Waals surface area contributed by atoms with Gasteiger partial charge in [0.2, 0.25) is 11.8 Å². The van der Waals surface area contributed by atoms with Crippen LogP contribution < -0.4 is 5.32 Å². The average Bonchev–Trinajstić information content (AvgIpc) is 3.34. The van der Waals surface area contributed by atoms with E-state index in [0.29, 0.717) is 35.3 Å². The smallest absolute Gasteiger partial charge is 0.224 e. The molecule has 190 valence electrons. The summed E-state index contributed by atoms with van der Waals surface area (Å²) in [4.78, 5) is 31.9. The van der Waals surface area contributed by atoms with Crippen molar-refractivity contribution in [1.82, 2.24) is 15.2 Å². The predicted octanol–water partition coefficient (Wildman–Crippen LogP) is 6.20. The van der Waals surface area contributed by atoms with Crippen molar-refractivity contribution in [2.75, 3.05) is 19.6 Å². The van der Waals surface area contributed by atoms with E-state index in [-0.39, 0.29) is 23.3 Å². The lowest BCUT2D eigenvalue weighted by Gasteiger charge is -2.32. The zero-order chi connectivity index (χ0) is 24.8. The number of aromatic nitrogens is 1. The molecule has 2 aliphatic rings. The van der Waals surface area contributed by atoms with Crippen LogP contribution in [0.2, 0.25) is 5.02 Å². The van der Waals surface area contributed by atoms with Gasteiger partial charge >= 0.3 is 0 Å². The normalized spacial score (nSPS) is 20.0. The summed E-state index contributed by atoms with van der Waals surface area (Å²) in [6.45, 7) is 7.37. The SMILES string of the molecule is CCC(=O)CCCCC[C@H](NC(=O)C1CC12CCN(CC)CC2)c1ncc(-c2ccc(Cl)cc2)o1. The molecular formula is C28H38ClN3O3. The van der Waals surface area contributed by atoms with Crippen molar-refractivity contribution in [3.05, 3.63) is 41.4 Å². The average molecular weight is 500 g/mol. The number of unbranched alkanes of at least 4 members (excludes halogenated alkanes) is 2. The third kappa shape index (κ3) is 6.53. The Bertz CT molecular complexity index is 995. The van der Waals surface area contributed by atoms with Crippen LogP contribution in [-0.4, -0.2) is 41.2 Å². The van der Waals surface area contributed by atoms with Crippen molar-refractivity contribution >= 4 is 23.3 Å². The van der Waals surface area contributed by atoms with Gasteiger partial charge in [-0.2, -0.15) is 0 Å². The van der Waals surface area contributed by atoms with Crippen molar-refractivity contribution in [2.45, 2.75) is 77.7 Å². The molecule has 1 amide bonds. The Labute approximate surface area is 213 Å². The number of Topliss-reactive ketones (excluding diaryl/α,β-unsaturated/α-hetero) is 1. The highest BCUT2D eigenvalue weighted by molar-refractivity contribution is 6.30. The molecule has 4 rings (SSSR count). The number of hydrogen-bond acceptors (Lipinski definition) is 5. The molecule has 1 saturated heterocycles. The maximum atomic E-state index is 13.3. The number of benzene rings is 1. The Hall–Kier alpha value is -2.18.